The number of terminal acetylenes is 1. The van der Waals surface area contributed by atoms with Crippen LogP contribution in [-0.2, 0) is 0 Å². The van der Waals surface area contributed by atoms with Crippen molar-refractivity contribution in [2.45, 2.75) is 6.92 Å². The fourth-order valence-corrected chi connectivity index (χ4v) is 4.12. The van der Waals surface area contributed by atoms with Crippen LogP contribution in [0.5, 0.6) is 5.75 Å². The Kier molecular flexibility index (Phi) is 6.49. The van der Waals surface area contributed by atoms with E-state index in [4.69, 9.17) is 11.2 Å². The van der Waals surface area contributed by atoms with Crippen LogP contribution in [0.25, 0.3) is 11.6 Å². The highest BCUT2D eigenvalue weighted by molar-refractivity contribution is 14.1. The molecule has 0 amide bonds. The van der Waals surface area contributed by atoms with E-state index in [2.05, 4.69) is 57.2 Å². The van der Waals surface area contributed by atoms with Crippen molar-refractivity contribution in [1.82, 2.24) is 0 Å². The molecule has 0 heterocycles. The molecule has 114 valence electrons. The quantitative estimate of drug-likeness (QED) is 0.236. The summed E-state index contributed by atoms with van der Waals surface area (Å²) in [6, 6.07) is 14.2. The summed E-state index contributed by atoms with van der Waals surface area (Å²) < 4.78 is 7.50. The molecule has 0 spiro atoms. The molecule has 0 N–H and O–H groups in total. The Balaban J connectivity index is 2.39. The first-order valence-corrected chi connectivity index (χ1v) is 8.95. The Hall–Kier alpha value is -1.51. The average Bonchev–Trinajstić information content (AvgIpc) is 2.53. The third-order valence-corrected chi connectivity index (χ3v) is 4.72. The van der Waals surface area contributed by atoms with Crippen molar-refractivity contribution in [3.63, 3.8) is 0 Å². The Morgan fingerprint density at radius 3 is 2.35 bits per heavy atom. The van der Waals surface area contributed by atoms with E-state index < -0.39 is 0 Å². The average molecular weight is 525 g/mol. The van der Waals surface area contributed by atoms with Gasteiger partial charge in [-0.25, -0.2) is 0 Å². The van der Waals surface area contributed by atoms with Crippen molar-refractivity contribution in [3.8, 4) is 24.2 Å². The number of ether oxygens (including phenoxy) is 1. The standard InChI is InChI=1S/C19H13I2NO/c1-3-8-23-19-17(20)10-14(11-18(19)21)9-16(12-22)15-6-4-13(2)5-7-15/h1,4-7,9-11H,8H2,2H3/b16-9-. The van der Waals surface area contributed by atoms with Crippen LogP contribution in [0.15, 0.2) is 36.4 Å². The summed E-state index contributed by atoms with van der Waals surface area (Å²) in [7, 11) is 0. The number of hydrogen-bond acceptors (Lipinski definition) is 2. The number of aryl methyl sites for hydroxylation is 1. The van der Waals surface area contributed by atoms with Crippen molar-refractivity contribution in [3.05, 3.63) is 60.2 Å². The van der Waals surface area contributed by atoms with Gasteiger partial charge in [-0.3, -0.25) is 0 Å². The summed E-state index contributed by atoms with van der Waals surface area (Å²) in [4.78, 5) is 0. The smallest absolute Gasteiger partial charge is 0.148 e. The molecule has 0 atom stereocenters. The topological polar surface area (TPSA) is 33.0 Å². The van der Waals surface area contributed by atoms with Gasteiger partial charge in [-0.1, -0.05) is 35.7 Å². The Morgan fingerprint density at radius 1 is 1.22 bits per heavy atom. The van der Waals surface area contributed by atoms with E-state index in [1.165, 1.54) is 5.56 Å². The molecule has 0 aliphatic carbocycles. The lowest BCUT2D eigenvalue weighted by atomic mass is 10.0. The number of nitriles is 1. The van der Waals surface area contributed by atoms with Gasteiger partial charge in [0, 0.05) is 0 Å². The lowest BCUT2D eigenvalue weighted by molar-refractivity contribution is 0.365. The van der Waals surface area contributed by atoms with Gasteiger partial charge in [0.25, 0.3) is 0 Å². The summed E-state index contributed by atoms with van der Waals surface area (Å²) in [5.74, 6) is 3.26. The van der Waals surface area contributed by atoms with Crippen LogP contribution in [0.1, 0.15) is 16.7 Å². The van der Waals surface area contributed by atoms with Crippen molar-refractivity contribution in [2.24, 2.45) is 0 Å². The third kappa shape index (κ3) is 4.73. The maximum atomic E-state index is 9.45. The van der Waals surface area contributed by atoms with Gasteiger partial charge in [-0.05, 0) is 81.4 Å². The molecule has 2 aromatic carbocycles. The highest BCUT2D eigenvalue weighted by Crippen LogP contribution is 2.30. The third-order valence-electron chi connectivity index (χ3n) is 3.11. The van der Waals surface area contributed by atoms with Crippen molar-refractivity contribution in [1.29, 1.82) is 5.26 Å². The lowest BCUT2D eigenvalue weighted by Gasteiger charge is -2.09. The normalized spacial score (nSPS) is 10.7. The van der Waals surface area contributed by atoms with Crippen LogP contribution < -0.4 is 4.74 Å². The van der Waals surface area contributed by atoms with Crippen LogP contribution in [0.2, 0.25) is 0 Å². The molecule has 2 aromatic rings. The molecular weight excluding hydrogens is 512 g/mol. The maximum absolute atomic E-state index is 9.45. The minimum Gasteiger partial charge on any atom is -0.479 e. The highest BCUT2D eigenvalue weighted by atomic mass is 127. The summed E-state index contributed by atoms with van der Waals surface area (Å²) in [6.07, 6.45) is 7.13. The predicted molar refractivity (Wildman–Crippen MR) is 111 cm³/mol. The zero-order valence-electron chi connectivity index (χ0n) is 12.4. The molecule has 2 rings (SSSR count). The predicted octanol–water partition coefficient (Wildman–Crippen LogP) is 5.28. The summed E-state index contributed by atoms with van der Waals surface area (Å²) >= 11 is 4.44. The van der Waals surface area contributed by atoms with Gasteiger partial charge in [0.1, 0.15) is 12.4 Å². The van der Waals surface area contributed by atoms with Crippen LogP contribution in [0.4, 0.5) is 0 Å². The van der Waals surface area contributed by atoms with Gasteiger partial charge in [-0.15, -0.1) is 6.42 Å². The number of hydrogen-bond donors (Lipinski definition) is 0. The monoisotopic (exact) mass is 525 g/mol. The summed E-state index contributed by atoms with van der Waals surface area (Å²) in [5, 5.41) is 9.45. The molecule has 0 saturated carbocycles. The zero-order valence-corrected chi connectivity index (χ0v) is 16.8. The second-order valence-corrected chi connectivity index (χ2v) is 7.17. The van der Waals surface area contributed by atoms with E-state index >= 15 is 0 Å². The molecule has 2 nitrogen and oxygen atoms in total. The molecule has 0 aliphatic heterocycles. The number of nitrogens with zero attached hydrogens (tertiary/aromatic N) is 1. The summed E-state index contributed by atoms with van der Waals surface area (Å²) in [6.45, 7) is 2.27. The molecule has 0 fully saturated rings. The first-order valence-electron chi connectivity index (χ1n) is 6.79. The van der Waals surface area contributed by atoms with E-state index in [9.17, 15) is 5.26 Å². The molecule has 0 radical (unpaired) electrons. The first-order chi connectivity index (χ1) is 11.0. The number of rotatable bonds is 4. The van der Waals surface area contributed by atoms with E-state index in [-0.39, 0.29) is 6.61 Å². The molecule has 0 saturated heterocycles. The van der Waals surface area contributed by atoms with Gasteiger partial charge < -0.3 is 4.74 Å². The zero-order chi connectivity index (χ0) is 16.8. The number of halogens is 2. The summed E-state index contributed by atoms with van der Waals surface area (Å²) in [5.41, 5.74) is 3.68. The maximum Gasteiger partial charge on any atom is 0.148 e. The molecule has 0 aromatic heterocycles. The van der Waals surface area contributed by atoms with E-state index in [0.717, 1.165) is 24.0 Å². The van der Waals surface area contributed by atoms with Crippen LogP contribution in [-0.4, -0.2) is 6.61 Å². The van der Waals surface area contributed by atoms with Crippen molar-refractivity contribution >= 4 is 56.8 Å². The fraction of sp³-hybridized carbons (Fsp3) is 0.105. The number of benzene rings is 2. The molecule has 4 heteroatoms. The minimum absolute atomic E-state index is 0.244. The van der Waals surface area contributed by atoms with Gasteiger partial charge in [0.05, 0.1) is 18.8 Å². The number of allylic oxidation sites excluding steroid dienone is 1. The van der Waals surface area contributed by atoms with Gasteiger partial charge in [-0.2, -0.15) is 5.26 Å². The lowest BCUT2D eigenvalue weighted by Crippen LogP contribution is -1.98. The SMILES string of the molecule is C#CCOc1c(I)cc(/C=C(/C#N)c2ccc(C)cc2)cc1I. The Morgan fingerprint density at radius 2 is 1.83 bits per heavy atom. The van der Waals surface area contributed by atoms with Crippen LogP contribution >= 0.6 is 45.2 Å². The second-order valence-electron chi connectivity index (χ2n) is 4.84. The largest absolute Gasteiger partial charge is 0.479 e. The first kappa shape index (κ1) is 17.8. The highest BCUT2D eigenvalue weighted by Gasteiger charge is 2.09. The van der Waals surface area contributed by atoms with Crippen molar-refractivity contribution < 1.29 is 4.74 Å². The van der Waals surface area contributed by atoms with Gasteiger partial charge in [0.2, 0.25) is 0 Å². The Labute approximate surface area is 163 Å². The van der Waals surface area contributed by atoms with E-state index in [0.29, 0.717) is 5.57 Å². The second kappa shape index (κ2) is 8.37. The fourth-order valence-electron chi connectivity index (χ4n) is 1.99. The van der Waals surface area contributed by atoms with E-state index in [1.54, 1.807) is 0 Å². The van der Waals surface area contributed by atoms with Crippen molar-refractivity contribution in [2.75, 3.05) is 6.61 Å². The Bertz CT molecular complexity index is 801. The van der Waals surface area contributed by atoms with Crippen LogP contribution in [0.3, 0.4) is 0 Å². The molecule has 23 heavy (non-hydrogen) atoms. The van der Waals surface area contributed by atoms with Gasteiger partial charge >= 0.3 is 0 Å². The van der Waals surface area contributed by atoms with E-state index in [1.807, 2.05) is 49.4 Å². The molecular formula is C19H13I2NO. The molecule has 0 bridgehead atoms. The minimum atomic E-state index is 0.244. The molecule has 0 unspecified atom stereocenters. The van der Waals surface area contributed by atoms with Gasteiger partial charge in [0.15, 0.2) is 0 Å². The molecule has 0 aliphatic rings. The van der Waals surface area contributed by atoms with Crippen LogP contribution in [0, 0.1) is 37.7 Å².